The number of unbranched alkanes of at least 4 members (excludes halogenated alkanes) is 5. The quantitative estimate of drug-likeness (QED) is 0.341. The molecule has 0 bridgehead atoms. The van der Waals surface area contributed by atoms with E-state index >= 15 is 0 Å². The second-order valence-electron chi connectivity index (χ2n) is 5.99. The molecule has 124 valence electrons. The number of nitrogen functional groups attached to an aromatic ring is 1. The van der Waals surface area contributed by atoms with Gasteiger partial charge in [0.05, 0.1) is 5.56 Å². The third kappa shape index (κ3) is 7.48. The van der Waals surface area contributed by atoms with E-state index in [4.69, 9.17) is 10.5 Å². The number of carbonyl (C=O) groups excluding carboxylic acids is 1. The lowest BCUT2D eigenvalue weighted by atomic mass is 10.0. The van der Waals surface area contributed by atoms with Crippen molar-refractivity contribution in [1.82, 2.24) is 0 Å². The topological polar surface area (TPSA) is 52.3 Å². The summed E-state index contributed by atoms with van der Waals surface area (Å²) in [4.78, 5) is 12.2. The van der Waals surface area contributed by atoms with E-state index in [2.05, 4.69) is 13.8 Å². The maximum atomic E-state index is 12.2. The summed E-state index contributed by atoms with van der Waals surface area (Å²) < 4.78 is 5.66. The van der Waals surface area contributed by atoms with Crippen molar-refractivity contribution in [2.75, 3.05) is 5.73 Å². The fourth-order valence-corrected chi connectivity index (χ4v) is 2.58. The Morgan fingerprint density at radius 3 is 2.23 bits per heavy atom. The van der Waals surface area contributed by atoms with Gasteiger partial charge < -0.3 is 10.5 Å². The van der Waals surface area contributed by atoms with Crippen LogP contribution in [0.5, 0.6) is 0 Å². The van der Waals surface area contributed by atoms with E-state index in [1.807, 2.05) is 0 Å². The zero-order valence-corrected chi connectivity index (χ0v) is 14.1. The molecule has 0 radical (unpaired) electrons. The minimum Gasteiger partial charge on any atom is -0.459 e. The molecule has 0 fully saturated rings. The van der Waals surface area contributed by atoms with Gasteiger partial charge in [-0.3, -0.25) is 0 Å². The van der Waals surface area contributed by atoms with Crippen molar-refractivity contribution >= 4 is 11.7 Å². The second kappa shape index (κ2) is 11.1. The minimum absolute atomic E-state index is 0.0428. The van der Waals surface area contributed by atoms with Crippen LogP contribution in [0.25, 0.3) is 0 Å². The summed E-state index contributed by atoms with van der Waals surface area (Å²) in [7, 11) is 0. The molecule has 0 aromatic heterocycles. The molecule has 0 amide bonds. The summed E-state index contributed by atoms with van der Waals surface area (Å²) in [5, 5.41) is 0. The molecule has 22 heavy (non-hydrogen) atoms. The highest BCUT2D eigenvalue weighted by atomic mass is 16.5. The highest BCUT2D eigenvalue weighted by molar-refractivity contribution is 5.89. The SMILES string of the molecule is CCCCCCCCC(CCC)OC(=O)c1ccc(N)cc1. The van der Waals surface area contributed by atoms with E-state index in [0.29, 0.717) is 11.3 Å². The number of hydrogen-bond acceptors (Lipinski definition) is 3. The zero-order valence-electron chi connectivity index (χ0n) is 14.1. The van der Waals surface area contributed by atoms with Crippen LogP contribution in [0, 0.1) is 0 Å². The number of carbonyl (C=O) groups is 1. The van der Waals surface area contributed by atoms with E-state index < -0.39 is 0 Å². The Morgan fingerprint density at radius 1 is 0.955 bits per heavy atom. The van der Waals surface area contributed by atoms with Crippen molar-refractivity contribution in [2.45, 2.75) is 77.7 Å². The molecule has 1 aromatic rings. The average Bonchev–Trinajstić information content (AvgIpc) is 2.51. The summed E-state index contributed by atoms with van der Waals surface area (Å²) in [6, 6.07) is 6.93. The Kier molecular flexibility index (Phi) is 9.36. The van der Waals surface area contributed by atoms with Gasteiger partial charge in [0.15, 0.2) is 0 Å². The number of rotatable bonds is 11. The monoisotopic (exact) mass is 305 g/mol. The van der Waals surface area contributed by atoms with Crippen LogP contribution in [-0.2, 0) is 4.74 Å². The maximum absolute atomic E-state index is 12.2. The first kappa shape index (κ1) is 18.5. The fourth-order valence-electron chi connectivity index (χ4n) is 2.58. The zero-order chi connectivity index (χ0) is 16.2. The molecular formula is C19H31NO2. The fraction of sp³-hybridized carbons (Fsp3) is 0.632. The van der Waals surface area contributed by atoms with Gasteiger partial charge in [-0.05, 0) is 43.5 Å². The number of esters is 1. The van der Waals surface area contributed by atoms with E-state index in [0.717, 1.165) is 25.7 Å². The molecule has 0 spiro atoms. The maximum Gasteiger partial charge on any atom is 0.338 e. The molecule has 0 aliphatic heterocycles. The predicted molar refractivity (Wildman–Crippen MR) is 93.0 cm³/mol. The highest BCUT2D eigenvalue weighted by Gasteiger charge is 2.15. The van der Waals surface area contributed by atoms with E-state index in [-0.39, 0.29) is 12.1 Å². The Bertz CT molecular complexity index is 414. The molecule has 0 saturated carbocycles. The van der Waals surface area contributed by atoms with E-state index in [1.165, 1.54) is 32.1 Å². The molecule has 0 saturated heterocycles. The summed E-state index contributed by atoms with van der Waals surface area (Å²) >= 11 is 0. The second-order valence-corrected chi connectivity index (χ2v) is 5.99. The Morgan fingerprint density at radius 2 is 1.59 bits per heavy atom. The molecule has 0 aliphatic carbocycles. The van der Waals surface area contributed by atoms with Gasteiger partial charge in [0.25, 0.3) is 0 Å². The lowest BCUT2D eigenvalue weighted by molar-refractivity contribution is 0.0253. The number of ether oxygens (including phenoxy) is 1. The Labute approximate surface area is 135 Å². The van der Waals surface area contributed by atoms with Crippen LogP contribution in [0.3, 0.4) is 0 Å². The predicted octanol–water partition coefficient (Wildman–Crippen LogP) is 5.34. The summed E-state index contributed by atoms with van der Waals surface area (Å²) in [6.45, 7) is 4.36. The van der Waals surface area contributed by atoms with Crippen molar-refractivity contribution in [2.24, 2.45) is 0 Å². The van der Waals surface area contributed by atoms with E-state index in [1.54, 1.807) is 24.3 Å². The van der Waals surface area contributed by atoms with Crippen molar-refractivity contribution in [3.63, 3.8) is 0 Å². The number of benzene rings is 1. The van der Waals surface area contributed by atoms with Crippen LogP contribution in [0.4, 0.5) is 5.69 Å². The van der Waals surface area contributed by atoms with Gasteiger partial charge in [0, 0.05) is 5.69 Å². The first-order chi connectivity index (χ1) is 10.7. The third-order valence-corrected chi connectivity index (χ3v) is 3.91. The van der Waals surface area contributed by atoms with Crippen LogP contribution >= 0.6 is 0 Å². The van der Waals surface area contributed by atoms with Gasteiger partial charge >= 0.3 is 5.97 Å². The van der Waals surface area contributed by atoms with Crippen molar-refractivity contribution in [3.8, 4) is 0 Å². The smallest absolute Gasteiger partial charge is 0.338 e. The van der Waals surface area contributed by atoms with Gasteiger partial charge in [-0.2, -0.15) is 0 Å². The van der Waals surface area contributed by atoms with Gasteiger partial charge in [0.2, 0.25) is 0 Å². The van der Waals surface area contributed by atoms with Crippen LogP contribution in [-0.4, -0.2) is 12.1 Å². The number of anilines is 1. The highest BCUT2D eigenvalue weighted by Crippen LogP contribution is 2.16. The normalized spacial score (nSPS) is 12.1. The van der Waals surface area contributed by atoms with E-state index in [9.17, 15) is 4.79 Å². The van der Waals surface area contributed by atoms with Crippen molar-refractivity contribution in [3.05, 3.63) is 29.8 Å². The summed E-state index contributed by atoms with van der Waals surface area (Å²) in [5.41, 5.74) is 6.88. The molecule has 3 heteroatoms. The number of nitrogens with two attached hydrogens (primary N) is 1. The van der Waals surface area contributed by atoms with Gasteiger partial charge in [0.1, 0.15) is 6.10 Å². The first-order valence-electron chi connectivity index (χ1n) is 8.73. The number of hydrogen-bond donors (Lipinski definition) is 1. The van der Waals surface area contributed by atoms with Gasteiger partial charge in [-0.25, -0.2) is 4.79 Å². The van der Waals surface area contributed by atoms with Crippen LogP contribution in [0.1, 0.15) is 82.0 Å². The molecule has 0 heterocycles. The molecule has 1 rings (SSSR count). The van der Waals surface area contributed by atoms with Crippen LogP contribution in [0.15, 0.2) is 24.3 Å². The third-order valence-electron chi connectivity index (χ3n) is 3.91. The average molecular weight is 305 g/mol. The largest absolute Gasteiger partial charge is 0.459 e. The Balaban J connectivity index is 2.36. The standard InChI is InChI=1S/C19H31NO2/c1-3-5-6-7-8-9-11-18(10-4-2)22-19(21)16-12-14-17(20)15-13-16/h12-15,18H,3-11,20H2,1-2H3. The molecule has 2 N–H and O–H groups in total. The lowest BCUT2D eigenvalue weighted by Gasteiger charge is -2.17. The van der Waals surface area contributed by atoms with Crippen LogP contribution in [0.2, 0.25) is 0 Å². The molecular weight excluding hydrogens is 274 g/mol. The molecule has 3 nitrogen and oxygen atoms in total. The molecule has 1 unspecified atom stereocenters. The summed E-state index contributed by atoms with van der Waals surface area (Å²) in [5.74, 6) is -0.232. The van der Waals surface area contributed by atoms with Gasteiger partial charge in [-0.15, -0.1) is 0 Å². The minimum atomic E-state index is -0.232. The lowest BCUT2D eigenvalue weighted by Crippen LogP contribution is -2.18. The van der Waals surface area contributed by atoms with Crippen molar-refractivity contribution < 1.29 is 9.53 Å². The van der Waals surface area contributed by atoms with Gasteiger partial charge in [-0.1, -0.05) is 52.4 Å². The summed E-state index contributed by atoms with van der Waals surface area (Å²) in [6.07, 6.45) is 10.6. The molecule has 0 aliphatic rings. The van der Waals surface area contributed by atoms with Crippen molar-refractivity contribution in [1.29, 1.82) is 0 Å². The molecule has 1 aromatic carbocycles. The van der Waals surface area contributed by atoms with Crippen LogP contribution < -0.4 is 5.73 Å². The molecule has 1 atom stereocenters. The first-order valence-corrected chi connectivity index (χ1v) is 8.73. The Hall–Kier alpha value is -1.51.